The fourth-order valence-electron chi connectivity index (χ4n) is 3.13. The fourth-order valence-corrected chi connectivity index (χ4v) is 3.86. The topological polar surface area (TPSA) is 88.9 Å². The first kappa shape index (κ1) is 23.1. The summed E-state index contributed by atoms with van der Waals surface area (Å²) in [5.41, 5.74) is 1.62. The molecule has 0 spiro atoms. The predicted octanol–water partition coefficient (Wildman–Crippen LogP) is 4.71. The number of amides is 3. The van der Waals surface area contributed by atoms with Crippen molar-refractivity contribution < 1.29 is 18.4 Å². The van der Waals surface area contributed by atoms with Crippen molar-refractivity contribution in [1.29, 1.82) is 0 Å². The van der Waals surface area contributed by atoms with Crippen molar-refractivity contribution in [3.63, 3.8) is 0 Å². The molecule has 172 valence electrons. The summed E-state index contributed by atoms with van der Waals surface area (Å²) in [5, 5.41) is 13.3. The molecule has 4 aromatic rings. The summed E-state index contributed by atoms with van der Waals surface area (Å²) < 4.78 is 28.9. The largest absolute Gasteiger partial charge is 0.325 e. The first-order valence-electron chi connectivity index (χ1n) is 10.2. The van der Waals surface area contributed by atoms with Gasteiger partial charge in [-0.25, -0.2) is 13.6 Å². The first-order valence-corrected chi connectivity index (χ1v) is 11.2. The van der Waals surface area contributed by atoms with Gasteiger partial charge in [0, 0.05) is 5.56 Å². The molecule has 0 saturated heterocycles. The van der Waals surface area contributed by atoms with Crippen LogP contribution in [0.15, 0.2) is 84.0 Å². The van der Waals surface area contributed by atoms with E-state index in [1.54, 1.807) is 18.2 Å². The van der Waals surface area contributed by atoms with Crippen LogP contribution < -0.4 is 10.6 Å². The number of para-hydroxylation sites is 1. The number of benzene rings is 3. The van der Waals surface area contributed by atoms with Crippen molar-refractivity contribution in [3.8, 4) is 11.4 Å². The number of nitrogens with zero attached hydrogens (tertiary/aromatic N) is 3. The minimum Gasteiger partial charge on any atom is -0.305 e. The number of carbonyl (C=O) groups excluding carboxylic acids is 2. The Morgan fingerprint density at radius 2 is 1.59 bits per heavy atom. The van der Waals surface area contributed by atoms with Crippen LogP contribution in [-0.4, -0.2) is 32.5 Å². The van der Waals surface area contributed by atoms with E-state index in [9.17, 15) is 18.4 Å². The molecule has 3 aromatic carbocycles. The van der Waals surface area contributed by atoms with Gasteiger partial charge in [-0.2, -0.15) is 0 Å². The van der Waals surface area contributed by atoms with Gasteiger partial charge in [0.05, 0.1) is 18.0 Å². The second kappa shape index (κ2) is 10.7. The lowest BCUT2D eigenvalue weighted by Gasteiger charge is -2.11. The van der Waals surface area contributed by atoms with Crippen molar-refractivity contribution in [2.45, 2.75) is 11.7 Å². The Morgan fingerprint density at radius 1 is 0.882 bits per heavy atom. The summed E-state index contributed by atoms with van der Waals surface area (Å²) in [4.78, 5) is 24.3. The number of aromatic nitrogens is 3. The van der Waals surface area contributed by atoms with Crippen LogP contribution in [0, 0.1) is 11.6 Å². The number of carbonyl (C=O) groups is 2. The molecule has 2 N–H and O–H groups in total. The van der Waals surface area contributed by atoms with E-state index in [1.807, 2.05) is 34.9 Å². The van der Waals surface area contributed by atoms with E-state index in [0.29, 0.717) is 23.1 Å². The molecule has 0 aliphatic rings. The van der Waals surface area contributed by atoms with Crippen LogP contribution in [0.3, 0.4) is 0 Å². The van der Waals surface area contributed by atoms with E-state index in [-0.39, 0.29) is 17.3 Å². The molecule has 0 unspecified atom stereocenters. The van der Waals surface area contributed by atoms with Crippen molar-refractivity contribution >= 4 is 29.4 Å². The average molecular weight is 480 g/mol. The number of halogens is 2. The van der Waals surface area contributed by atoms with Gasteiger partial charge in [0.25, 0.3) is 0 Å². The van der Waals surface area contributed by atoms with E-state index < -0.39 is 17.8 Å². The maximum Gasteiger partial charge on any atom is 0.325 e. The Balaban J connectivity index is 1.46. The third-order valence-corrected chi connectivity index (χ3v) is 5.68. The number of hydrogen-bond donors (Lipinski definition) is 2. The summed E-state index contributed by atoms with van der Waals surface area (Å²) in [6, 6.07) is 20.3. The molecule has 1 aromatic heterocycles. The van der Waals surface area contributed by atoms with Gasteiger partial charge in [-0.15, -0.1) is 10.2 Å². The minimum absolute atomic E-state index is 0.0352. The average Bonchev–Trinajstić information content (AvgIpc) is 3.22. The lowest BCUT2D eigenvalue weighted by Crippen LogP contribution is -2.35. The molecule has 4 rings (SSSR count). The number of thioether (sulfide) groups is 1. The van der Waals surface area contributed by atoms with Crippen LogP contribution in [0.4, 0.5) is 19.3 Å². The molecule has 7 nitrogen and oxygen atoms in total. The van der Waals surface area contributed by atoms with Crippen LogP contribution in [0.1, 0.15) is 5.56 Å². The van der Waals surface area contributed by atoms with Crippen LogP contribution >= 0.6 is 11.8 Å². The SMILES string of the molecule is O=C(CSc1nnc(-c2ccc(F)cc2)n1Cc1ccccc1)NC(=O)Nc1ccccc1F. The monoisotopic (exact) mass is 479 g/mol. The molecule has 1 heterocycles. The lowest BCUT2D eigenvalue weighted by molar-refractivity contribution is -0.117. The molecule has 0 bridgehead atoms. The summed E-state index contributed by atoms with van der Waals surface area (Å²) in [5.74, 6) is -1.17. The normalized spacial score (nSPS) is 10.6. The third-order valence-electron chi connectivity index (χ3n) is 4.71. The molecule has 0 atom stereocenters. The molecule has 10 heteroatoms. The molecule has 34 heavy (non-hydrogen) atoms. The number of urea groups is 1. The number of nitrogens with one attached hydrogen (secondary N) is 2. The number of anilines is 1. The lowest BCUT2D eigenvalue weighted by atomic mass is 10.2. The first-order chi connectivity index (χ1) is 16.5. The maximum atomic E-state index is 13.7. The van der Waals surface area contributed by atoms with Crippen LogP contribution in [-0.2, 0) is 11.3 Å². The molecule has 0 radical (unpaired) electrons. The van der Waals surface area contributed by atoms with Gasteiger partial charge in [0.1, 0.15) is 11.6 Å². The van der Waals surface area contributed by atoms with Crippen molar-refractivity contribution in [2.75, 3.05) is 11.1 Å². The van der Waals surface area contributed by atoms with E-state index in [4.69, 9.17) is 0 Å². The van der Waals surface area contributed by atoms with Crippen molar-refractivity contribution in [2.24, 2.45) is 0 Å². The summed E-state index contributed by atoms with van der Waals surface area (Å²) in [7, 11) is 0. The standard InChI is InChI=1S/C24H19F2N5O2S/c25-18-12-10-17(11-13-18)22-29-30-24(31(22)14-16-6-2-1-3-7-16)34-15-21(32)28-23(33)27-20-9-5-4-8-19(20)26/h1-13H,14-15H2,(H2,27,28,32,33). The fraction of sp³-hybridized carbons (Fsp3) is 0.0833. The summed E-state index contributed by atoms with van der Waals surface area (Å²) >= 11 is 1.09. The van der Waals surface area contributed by atoms with Crippen molar-refractivity contribution in [3.05, 3.63) is 96.1 Å². The Hall–Kier alpha value is -4.05. The molecule has 3 amide bonds. The van der Waals surface area contributed by atoms with Gasteiger partial charge in [-0.3, -0.25) is 14.7 Å². The molecule has 0 saturated carbocycles. The Kier molecular flexibility index (Phi) is 7.28. The molecular formula is C24H19F2N5O2S. The second-order valence-corrected chi connectivity index (χ2v) is 8.10. The molecule has 0 aliphatic carbocycles. The Labute approximate surface area is 198 Å². The van der Waals surface area contributed by atoms with E-state index in [0.717, 1.165) is 17.3 Å². The van der Waals surface area contributed by atoms with E-state index >= 15 is 0 Å². The maximum absolute atomic E-state index is 13.7. The number of imide groups is 1. The zero-order valence-corrected chi connectivity index (χ0v) is 18.6. The summed E-state index contributed by atoms with van der Waals surface area (Å²) in [6.45, 7) is 0.429. The van der Waals surface area contributed by atoms with Gasteiger partial charge in [-0.1, -0.05) is 54.2 Å². The van der Waals surface area contributed by atoms with Gasteiger partial charge >= 0.3 is 6.03 Å². The van der Waals surface area contributed by atoms with E-state index in [1.165, 1.54) is 30.3 Å². The Morgan fingerprint density at radius 3 is 2.32 bits per heavy atom. The predicted molar refractivity (Wildman–Crippen MR) is 125 cm³/mol. The number of rotatable bonds is 7. The van der Waals surface area contributed by atoms with Gasteiger partial charge in [-0.05, 0) is 42.0 Å². The third kappa shape index (κ3) is 5.84. The highest BCUT2D eigenvalue weighted by molar-refractivity contribution is 7.99. The summed E-state index contributed by atoms with van der Waals surface area (Å²) in [6.07, 6.45) is 0. The molecular weight excluding hydrogens is 460 g/mol. The highest BCUT2D eigenvalue weighted by Crippen LogP contribution is 2.25. The zero-order chi connectivity index (χ0) is 23.9. The quantitative estimate of drug-likeness (QED) is 0.375. The molecule has 0 aliphatic heterocycles. The number of hydrogen-bond acceptors (Lipinski definition) is 5. The van der Waals surface area contributed by atoms with Crippen LogP contribution in [0.5, 0.6) is 0 Å². The second-order valence-electron chi connectivity index (χ2n) is 7.16. The Bertz CT molecular complexity index is 1300. The highest BCUT2D eigenvalue weighted by atomic mass is 32.2. The molecule has 0 fully saturated rings. The van der Waals surface area contributed by atoms with E-state index in [2.05, 4.69) is 20.8 Å². The van der Waals surface area contributed by atoms with Crippen LogP contribution in [0.25, 0.3) is 11.4 Å². The van der Waals surface area contributed by atoms with Gasteiger partial charge < -0.3 is 5.32 Å². The minimum atomic E-state index is -0.839. The van der Waals surface area contributed by atoms with Gasteiger partial charge in [0.2, 0.25) is 5.91 Å². The van der Waals surface area contributed by atoms with Crippen LogP contribution in [0.2, 0.25) is 0 Å². The highest BCUT2D eigenvalue weighted by Gasteiger charge is 2.17. The van der Waals surface area contributed by atoms with Crippen molar-refractivity contribution in [1.82, 2.24) is 20.1 Å². The zero-order valence-electron chi connectivity index (χ0n) is 17.7. The van der Waals surface area contributed by atoms with Gasteiger partial charge in [0.15, 0.2) is 11.0 Å². The smallest absolute Gasteiger partial charge is 0.305 e.